The number of hydrogen-bond donors (Lipinski definition) is 1. The number of nitrogens with two attached hydrogens (primary N) is 1. The third-order valence-corrected chi connectivity index (χ3v) is 4.34. The summed E-state index contributed by atoms with van der Waals surface area (Å²) in [6.07, 6.45) is 7.12. The average molecular weight is 379 g/mol. The Morgan fingerprint density at radius 2 is 2.07 bits per heavy atom. The van der Waals surface area contributed by atoms with Gasteiger partial charge in [0.1, 0.15) is 5.82 Å². The molecular formula is C19H18FN7O. The number of rotatable bonds is 6. The van der Waals surface area contributed by atoms with E-state index in [-0.39, 0.29) is 5.82 Å². The van der Waals surface area contributed by atoms with Crippen molar-refractivity contribution in [1.82, 2.24) is 29.8 Å². The molecule has 28 heavy (non-hydrogen) atoms. The highest BCUT2D eigenvalue weighted by atomic mass is 19.1. The lowest BCUT2D eigenvalue weighted by molar-refractivity contribution is 0.322. The number of hydrogen-bond acceptors (Lipinski definition) is 6. The standard InChI is InChI=1S/C19H18FN7O/c1-26-16(4-6-24-26)14-11-18(19(21)22-12-14)28-9-5-13-10-15(20)2-3-17(13)27-8-7-23-25-27/h2-4,6-8,10-12H,5,9H2,1H3,(H2,21,22). The van der Waals surface area contributed by atoms with Crippen LogP contribution >= 0.6 is 0 Å². The van der Waals surface area contributed by atoms with Gasteiger partial charge >= 0.3 is 0 Å². The van der Waals surface area contributed by atoms with Crippen molar-refractivity contribution in [2.24, 2.45) is 7.05 Å². The summed E-state index contributed by atoms with van der Waals surface area (Å²) >= 11 is 0. The molecule has 142 valence electrons. The molecule has 0 saturated carbocycles. The second-order valence-electron chi connectivity index (χ2n) is 6.17. The van der Waals surface area contributed by atoms with Gasteiger partial charge in [-0.1, -0.05) is 5.21 Å². The van der Waals surface area contributed by atoms with E-state index in [0.717, 1.165) is 22.5 Å². The van der Waals surface area contributed by atoms with E-state index in [2.05, 4.69) is 20.4 Å². The summed E-state index contributed by atoms with van der Waals surface area (Å²) in [4.78, 5) is 4.20. The van der Waals surface area contributed by atoms with Crippen molar-refractivity contribution in [3.8, 4) is 22.7 Å². The van der Waals surface area contributed by atoms with Gasteiger partial charge in [-0.05, 0) is 35.9 Å². The van der Waals surface area contributed by atoms with Gasteiger partial charge in [0.25, 0.3) is 0 Å². The molecule has 2 N–H and O–H groups in total. The monoisotopic (exact) mass is 379 g/mol. The summed E-state index contributed by atoms with van der Waals surface area (Å²) in [6, 6.07) is 8.23. The lowest BCUT2D eigenvalue weighted by atomic mass is 10.1. The number of nitrogen functional groups attached to an aromatic ring is 1. The SMILES string of the molecule is Cn1nccc1-c1cnc(N)c(OCCc2cc(F)ccc2-n2ccnn2)c1. The lowest BCUT2D eigenvalue weighted by Crippen LogP contribution is -2.08. The third kappa shape index (κ3) is 3.54. The number of pyridine rings is 1. The number of nitrogens with zero attached hydrogens (tertiary/aromatic N) is 6. The first-order valence-corrected chi connectivity index (χ1v) is 8.63. The molecule has 0 atom stereocenters. The van der Waals surface area contributed by atoms with Gasteiger partial charge < -0.3 is 10.5 Å². The Bertz CT molecular complexity index is 1090. The Balaban J connectivity index is 1.52. The average Bonchev–Trinajstić information content (AvgIpc) is 3.35. The van der Waals surface area contributed by atoms with Crippen molar-refractivity contribution in [2.75, 3.05) is 12.3 Å². The molecule has 0 spiro atoms. The Kier molecular flexibility index (Phi) is 4.71. The van der Waals surface area contributed by atoms with Crippen LogP contribution in [0.3, 0.4) is 0 Å². The van der Waals surface area contributed by atoms with Crippen LogP contribution in [0.5, 0.6) is 5.75 Å². The molecule has 0 radical (unpaired) electrons. The fourth-order valence-electron chi connectivity index (χ4n) is 2.95. The number of aryl methyl sites for hydroxylation is 1. The van der Waals surface area contributed by atoms with E-state index in [0.29, 0.717) is 24.6 Å². The van der Waals surface area contributed by atoms with E-state index in [9.17, 15) is 4.39 Å². The summed E-state index contributed by atoms with van der Waals surface area (Å²) in [5, 5.41) is 11.9. The van der Waals surface area contributed by atoms with Crippen LogP contribution in [0.1, 0.15) is 5.56 Å². The fraction of sp³-hybridized carbons (Fsp3) is 0.158. The molecule has 0 unspecified atom stereocenters. The summed E-state index contributed by atoms with van der Waals surface area (Å²) in [7, 11) is 1.85. The summed E-state index contributed by atoms with van der Waals surface area (Å²) in [5.74, 6) is 0.442. The molecular weight excluding hydrogens is 361 g/mol. The zero-order valence-corrected chi connectivity index (χ0v) is 15.2. The van der Waals surface area contributed by atoms with E-state index in [1.165, 1.54) is 12.1 Å². The van der Waals surface area contributed by atoms with Crippen LogP contribution in [0.25, 0.3) is 16.9 Å². The molecule has 0 aliphatic heterocycles. The van der Waals surface area contributed by atoms with Crippen molar-refractivity contribution in [3.05, 3.63) is 66.5 Å². The van der Waals surface area contributed by atoms with Crippen LogP contribution in [0, 0.1) is 5.82 Å². The Labute approximate surface area is 160 Å². The molecule has 3 heterocycles. The fourth-order valence-corrected chi connectivity index (χ4v) is 2.95. The molecule has 0 amide bonds. The van der Waals surface area contributed by atoms with Crippen molar-refractivity contribution >= 4 is 5.82 Å². The van der Waals surface area contributed by atoms with Crippen LogP contribution in [-0.2, 0) is 13.5 Å². The van der Waals surface area contributed by atoms with Crippen molar-refractivity contribution in [3.63, 3.8) is 0 Å². The van der Waals surface area contributed by atoms with Crippen molar-refractivity contribution in [2.45, 2.75) is 6.42 Å². The highest BCUT2D eigenvalue weighted by Gasteiger charge is 2.11. The van der Waals surface area contributed by atoms with Crippen LogP contribution in [0.2, 0.25) is 0 Å². The number of ether oxygens (including phenoxy) is 1. The van der Waals surface area contributed by atoms with Gasteiger partial charge in [-0.25, -0.2) is 14.1 Å². The third-order valence-electron chi connectivity index (χ3n) is 4.34. The predicted octanol–water partition coefficient (Wildman–Crippen LogP) is 2.41. The first-order valence-electron chi connectivity index (χ1n) is 8.63. The molecule has 0 saturated heterocycles. The number of benzene rings is 1. The minimum atomic E-state index is -0.321. The van der Waals surface area contributed by atoms with Gasteiger partial charge in [0.15, 0.2) is 11.6 Å². The Morgan fingerprint density at radius 1 is 1.18 bits per heavy atom. The zero-order chi connectivity index (χ0) is 19.5. The summed E-state index contributed by atoms with van der Waals surface area (Å²) in [6.45, 7) is 0.297. The summed E-state index contributed by atoms with van der Waals surface area (Å²) < 4.78 is 22.9. The first-order chi connectivity index (χ1) is 13.6. The molecule has 0 fully saturated rings. The zero-order valence-electron chi connectivity index (χ0n) is 15.2. The van der Waals surface area contributed by atoms with Gasteiger partial charge in [0.2, 0.25) is 0 Å². The highest BCUT2D eigenvalue weighted by molar-refractivity contribution is 5.64. The number of halogens is 1. The van der Waals surface area contributed by atoms with Gasteiger partial charge in [0, 0.05) is 31.4 Å². The quantitative estimate of drug-likeness (QED) is 0.553. The van der Waals surface area contributed by atoms with Crippen LogP contribution < -0.4 is 10.5 Å². The maximum atomic E-state index is 13.7. The molecule has 9 heteroatoms. The Hall–Kier alpha value is -3.75. The molecule has 8 nitrogen and oxygen atoms in total. The molecule has 4 rings (SSSR count). The van der Waals surface area contributed by atoms with Gasteiger partial charge in [-0.3, -0.25) is 4.68 Å². The molecule has 4 aromatic rings. The van der Waals surface area contributed by atoms with E-state index >= 15 is 0 Å². The van der Waals surface area contributed by atoms with Gasteiger partial charge in [-0.2, -0.15) is 5.10 Å². The first kappa shape index (κ1) is 17.7. The van der Waals surface area contributed by atoms with Crippen molar-refractivity contribution < 1.29 is 9.13 Å². The minimum absolute atomic E-state index is 0.293. The van der Waals surface area contributed by atoms with Crippen LogP contribution in [0.15, 0.2) is 55.1 Å². The van der Waals surface area contributed by atoms with Crippen LogP contribution in [0.4, 0.5) is 10.2 Å². The minimum Gasteiger partial charge on any atom is -0.489 e. The molecule has 0 aliphatic rings. The van der Waals surface area contributed by atoms with Crippen LogP contribution in [-0.4, -0.2) is 36.4 Å². The van der Waals surface area contributed by atoms with E-state index < -0.39 is 0 Å². The lowest BCUT2D eigenvalue weighted by Gasteiger charge is -2.12. The maximum Gasteiger partial charge on any atom is 0.166 e. The van der Waals surface area contributed by atoms with Gasteiger partial charge in [0.05, 0.1) is 30.4 Å². The molecule has 1 aromatic carbocycles. The molecule has 0 aliphatic carbocycles. The topological polar surface area (TPSA) is 96.7 Å². The van der Waals surface area contributed by atoms with E-state index in [1.54, 1.807) is 40.2 Å². The largest absolute Gasteiger partial charge is 0.489 e. The second-order valence-corrected chi connectivity index (χ2v) is 6.17. The van der Waals surface area contributed by atoms with E-state index in [4.69, 9.17) is 10.5 Å². The highest BCUT2D eigenvalue weighted by Crippen LogP contribution is 2.27. The van der Waals surface area contributed by atoms with Gasteiger partial charge in [-0.15, -0.1) is 5.10 Å². The molecule has 3 aromatic heterocycles. The smallest absolute Gasteiger partial charge is 0.166 e. The number of aromatic nitrogens is 6. The number of anilines is 1. The molecule has 0 bridgehead atoms. The van der Waals surface area contributed by atoms with E-state index in [1.807, 2.05) is 19.2 Å². The Morgan fingerprint density at radius 3 is 2.82 bits per heavy atom. The van der Waals surface area contributed by atoms with Crippen molar-refractivity contribution in [1.29, 1.82) is 0 Å². The maximum absolute atomic E-state index is 13.7. The normalized spacial score (nSPS) is 10.9. The second kappa shape index (κ2) is 7.47. The predicted molar refractivity (Wildman–Crippen MR) is 101 cm³/mol. The summed E-state index contributed by atoms with van der Waals surface area (Å²) in [5.41, 5.74) is 9.19.